The molecule has 2 aromatic carbocycles. The Labute approximate surface area is 159 Å². The minimum Gasteiger partial charge on any atom is -0.504 e. The number of para-hydroxylation sites is 2. The van der Waals surface area contributed by atoms with E-state index in [0.29, 0.717) is 33.8 Å². The van der Waals surface area contributed by atoms with E-state index >= 15 is 0 Å². The number of rotatable bonds is 5. The average Bonchev–Trinajstić information content (AvgIpc) is 3.16. The van der Waals surface area contributed by atoms with E-state index in [1.165, 1.54) is 11.3 Å². The van der Waals surface area contributed by atoms with Gasteiger partial charge in [-0.05, 0) is 49.2 Å². The van der Waals surface area contributed by atoms with Crippen LogP contribution < -0.4 is 14.8 Å². The summed E-state index contributed by atoms with van der Waals surface area (Å²) in [5.74, 6) is 0.519. The third kappa shape index (κ3) is 2.98. The molecular formula is C21H18N2O3S. The van der Waals surface area contributed by atoms with Crippen LogP contribution in [0.5, 0.6) is 11.5 Å². The van der Waals surface area contributed by atoms with E-state index in [4.69, 9.17) is 4.74 Å². The number of hydrogen-bond donors (Lipinski definition) is 1. The smallest absolute Gasteiger partial charge is 0.274 e. The van der Waals surface area contributed by atoms with Gasteiger partial charge in [0.25, 0.3) is 5.56 Å². The predicted octanol–water partition coefficient (Wildman–Crippen LogP) is 3.29. The highest BCUT2D eigenvalue weighted by Gasteiger charge is 2.12. The molecule has 4 rings (SSSR count). The van der Waals surface area contributed by atoms with Crippen LogP contribution in [-0.2, 0) is 6.42 Å². The minimum atomic E-state index is -0.0972. The number of aromatic hydroxyl groups is 1. The molecule has 2 heterocycles. The molecule has 27 heavy (non-hydrogen) atoms. The number of imidazole rings is 1. The molecule has 0 atom stereocenters. The van der Waals surface area contributed by atoms with Crippen molar-refractivity contribution < 1.29 is 9.84 Å². The number of aromatic nitrogens is 2. The van der Waals surface area contributed by atoms with E-state index in [1.807, 2.05) is 43.3 Å². The van der Waals surface area contributed by atoms with Gasteiger partial charge in [-0.25, -0.2) is 9.38 Å². The van der Waals surface area contributed by atoms with Crippen LogP contribution in [0.2, 0.25) is 0 Å². The van der Waals surface area contributed by atoms with Crippen LogP contribution in [0.1, 0.15) is 18.1 Å². The standard InChI is InChI=1S/C21H18N2O3S/c1-3-7-14-10-13(11-17(19(14)24)26-4-2)12-18-20(25)23-16-9-6-5-8-15(16)22-21(23)27-18/h3,5-6,8-12,24H,1,4,7H2,2H3. The Morgan fingerprint density at radius 1 is 1.33 bits per heavy atom. The van der Waals surface area contributed by atoms with Gasteiger partial charge in [-0.1, -0.05) is 29.5 Å². The van der Waals surface area contributed by atoms with Crippen LogP contribution in [0.15, 0.2) is 53.8 Å². The van der Waals surface area contributed by atoms with Crippen LogP contribution in [0.3, 0.4) is 0 Å². The van der Waals surface area contributed by atoms with Crippen LogP contribution in [-0.4, -0.2) is 21.1 Å². The molecule has 0 fully saturated rings. The lowest BCUT2D eigenvalue weighted by Gasteiger charge is -2.10. The number of thiazole rings is 1. The SMILES string of the molecule is C=CCc1cc(C=c2sc3nc4ccccc4n3c2=O)cc(OCC)c1O. The lowest BCUT2D eigenvalue weighted by Crippen LogP contribution is -2.22. The van der Waals surface area contributed by atoms with E-state index in [9.17, 15) is 9.90 Å². The summed E-state index contributed by atoms with van der Waals surface area (Å²) in [5.41, 5.74) is 3.02. The van der Waals surface area contributed by atoms with Gasteiger partial charge in [-0.3, -0.25) is 4.79 Å². The fourth-order valence-corrected chi connectivity index (χ4v) is 4.10. The summed E-state index contributed by atoms with van der Waals surface area (Å²) in [7, 11) is 0. The Morgan fingerprint density at radius 3 is 2.93 bits per heavy atom. The summed E-state index contributed by atoms with van der Waals surface area (Å²) in [5, 5.41) is 10.3. The summed E-state index contributed by atoms with van der Waals surface area (Å²) in [4.78, 5) is 18.1. The normalized spacial score (nSPS) is 12.1. The molecule has 0 amide bonds. The van der Waals surface area contributed by atoms with Gasteiger partial charge in [0, 0.05) is 5.56 Å². The molecule has 0 saturated carbocycles. The average molecular weight is 378 g/mol. The number of phenols is 1. The maximum atomic E-state index is 12.9. The zero-order valence-electron chi connectivity index (χ0n) is 14.8. The van der Waals surface area contributed by atoms with Crippen molar-refractivity contribution in [3.05, 3.63) is 75.1 Å². The number of hydrogen-bond acceptors (Lipinski definition) is 5. The van der Waals surface area contributed by atoms with Crippen molar-refractivity contribution >= 4 is 33.4 Å². The Morgan fingerprint density at radius 2 is 2.15 bits per heavy atom. The summed E-state index contributed by atoms with van der Waals surface area (Å²) in [6.45, 7) is 6.03. The summed E-state index contributed by atoms with van der Waals surface area (Å²) in [6, 6.07) is 11.2. The molecular weight excluding hydrogens is 360 g/mol. The molecule has 0 aliphatic rings. The first kappa shape index (κ1) is 17.3. The molecule has 0 saturated heterocycles. The van der Waals surface area contributed by atoms with Crippen molar-refractivity contribution in [1.82, 2.24) is 9.38 Å². The number of nitrogens with zero attached hydrogens (tertiary/aromatic N) is 2. The number of benzene rings is 2. The highest BCUT2D eigenvalue weighted by Crippen LogP contribution is 2.32. The monoisotopic (exact) mass is 378 g/mol. The van der Waals surface area contributed by atoms with Gasteiger partial charge in [-0.15, -0.1) is 6.58 Å². The second-order valence-electron chi connectivity index (χ2n) is 6.09. The van der Waals surface area contributed by atoms with Crippen LogP contribution in [0.4, 0.5) is 0 Å². The zero-order valence-corrected chi connectivity index (χ0v) is 15.6. The first-order valence-electron chi connectivity index (χ1n) is 8.63. The highest BCUT2D eigenvalue weighted by molar-refractivity contribution is 7.15. The molecule has 0 bridgehead atoms. The Hall–Kier alpha value is -3.12. The van der Waals surface area contributed by atoms with E-state index in [0.717, 1.165) is 16.6 Å². The van der Waals surface area contributed by atoms with Gasteiger partial charge in [0.1, 0.15) is 0 Å². The maximum absolute atomic E-state index is 12.9. The first-order chi connectivity index (χ1) is 13.1. The molecule has 136 valence electrons. The van der Waals surface area contributed by atoms with Crippen LogP contribution >= 0.6 is 11.3 Å². The largest absolute Gasteiger partial charge is 0.504 e. The molecule has 2 aromatic heterocycles. The third-order valence-electron chi connectivity index (χ3n) is 4.28. The molecule has 0 radical (unpaired) electrons. The summed E-state index contributed by atoms with van der Waals surface area (Å²) < 4.78 is 7.76. The van der Waals surface area contributed by atoms with Gasteiger partial charge >= 0.3 is 0 Å². The van der Waals surface area contributed by atoms with Crippen molar-refractivity contribution in [2.75, 3.05) is 6.61 Å². The van der Waals surface area contributed by atoms with Gasteiger partial charge < -0.3 is 9.84 Å². The van der Waals surface area contributed by atoms with Gasteiger partial charge in [0.05, 0.1) is 22.2 Å². The van der Waals surface area contributed by atoms with Crippen LogP contribution in [0.25, 0.3) is 22.1 Å². The quantitative estimate of drug-likeness (QED) is 0.541. The van der Waals surface area contributed by atoms with Gasteiger partial charge in [0.15, 0.2) is 16.5 Å². The molecule has 5 nitrogen and oxygen atoms in total. The second-order valence-corrected chi connectivity index (χ2v) is 7.10. The molecule has 1 N–H and O–H groups in total. The Bertz CT molecular complexity index is 1270. The van der Waals surface area contributed by atoms with E-state index in [1.54, 1.807) is 16.5 Å². The molecule has 0 aliphatic carbocycles. The maximum Gasteiger partial charge on any atom is 0.274 e. The number of allylic oxidation sites excluding steroid dienone is 1. The third-order valence-corrected chi connectivity index (χ3v) is 5.25. The van der Waals surface area contributed by atoms with Crippen molar-refractivity contribution in [3.63, 3.8) is 0 Å². The summed E-state index contributed by atoms with van der Waals surface area (Å²) >= 11 is 1.35. The summed E-state index contributed by atoms with van der Waals surface area (Å²) in [6.07, 6.45) is 4.04. The van der Waals surface area contributed by atoms with Crippen LogP contribution in [0, 0.1) is 0 Å². The zero-order chi connectivity index (χ0) is 19.0. The fourth-order valence-electron chi connectivity index (χ4n) is 3.11. The molecule has 0 aliphatic heterocycles. The predicted molar refractivity (Wildman–Crippen MR) is 109 cm³/mol. The second kappa shape index (κ2) is 6.89. The molecule has 4 aromatic rings. The molecule has 0 unspecified atom stereocenters. The fraction of sp³-hybridized carbons (Fsp3) is 0.143. The van der Waals surface area contributed by atoms with Gasteiger partial charge in [0.2, 0.25) is 0 Å². The van der Waals surface area contributed by atoms with Crippen molar-refractivity contribution in [2.24, 2.45) is 0 Å². The van der Waals surface area contributed by atoms with Crippen molar-refractivity contribution in [2.45, 2.75) is 13.3 Å². The lowest BCUT2D eigenvalue weighted by atomic mass is 10.1. The first-order valence-corrected chi connectivity index (χ1v) is 9.45. The topological polar surface area (TPSA) is 63.8 Å². The van der Waals surface area contributed by atoms with Crippen molar-refractivity contribution in [3.8, 4) is 11.5 Å². The number of phenolic OH excluding ortho intramolecular Hbond substituents is 1. The molecule has 6 heteroatoms. The van der Waals surface area contributed by atoms with Gasteiger partial charge in [-0.2, -0.15) is 0 Å². The number of fused-ring (bicyclic) bond motifs is 3. The number of ether oxygens (including phenoxy) is 1. The molecule has 0 spiro atoms. The highest BCUT2D eigenvalue weighted by atomic mass is 32.1. The lowest BCUT2D eigenvalue weighted by molar-refractivity contribution is 0.317. The van der Waals surface area contributed by atoms with E-state index in [2.05, 4.69) is 11.6 Å². The Balaban J connectivity index is 1.91. The minimum absolute atomic E-state index is 0.0972. The van der Waals surface area contributed by atoms with E-state index < -0.39 is 0 Å². The van der Waals surface area contributed by atoms with E-state index in [-0.39, 0.29) is 11.3 Å². The van der Waals surface area contributed by atoms with Crippen molar-refractivity contribution in [1.29, 1.82) is 0 Å². The Kier molecular flexibility index (Phi) is 4.41.